The topological polar surface area (TPSA) is 69.6 Å². The maximum Gasteiger partial charge on any atom is 0.220 e. The molecule has 0 aliphatic rings. The smallest absolute Gasteiger partial charge is 0.220 e. The van der Waals surface area contributed by atoms with E-state index in [1.165, 1.54) is 238 Å². The highest BCUT2D eigenvalue weighted by molar-refractivity contribution is 5.76. The summed E-state index contributed by atoms with van der Waals surface area (Å²) < 4.78 is 0. The number of allylic oxidation sites excluding steroid dienone is 17. The third-order valence-electron chi connectivity index (χ3n) is 15.3. The molecule has 0 aliphatic heterocycles. The number of carbonyl (C=O) groups excluding carboxylic acids is 1. The Kier molecular flexibility index (Phi) is 65.7. The first kappa shape index (κ1) is 75.0. The number of carbonyl (C=O) groups is 1. The minimum absolute atomic E-state index is 0.0625. The highest BCUT2D eigenvalue weighted by atomic mass is 16.3. The summed E-state index contributed by atoms with van der Waals surface area (Å²) >= 11 is 0. The molecule has 3 N–H and O–H groups in total. The lowest BCUT2D eigenvalue weighted by Crippen LogP contribution is -2.45. The van der Waals surface area contributed by atoms with Gasteiger partial charge in [0.15, 0.2) is 0 Å². The van der Waals surface area contributed by atoms with Gasteiger partial charge in [0.25, 0.3) is 0 Å². The molecule has 4 nitrogen and oxygen atoms in total. The number of nitrogens with one attached hydrogen (secondary N) is 1. The van der Waals surface area contributed by atoms with Crippen molar-refractivity contribution in [1.82, 2.24) is 5.32 Å². The molecule has 0 rings (SSSR count). The molecule has 2 unspecified atom stereocenters. The molecule has 0 aliphatic carbocycles. The molecule has 4 heteroatoms. The van der Waals surface area contributed by atoms with Crippen LogP contribution in [-0.4, -0.2) is 34.9 Å². The molecule has 0 aromatic heterocycles. The maximum absolute atomic E-state index is 12.5. The third kappa shape index (κ3) is 63.9. The van der Waals surface area contributed by atoms with Crippen molar-refractivity contribution in [3.05, 3.63) is 109 Å². The van der Waals surface area contributed by atoms with Gasteiger partial charge in [-0.1, -0.05) is 354 Å². The molecular weight excluding hydrogens is 951 g/mol. The van der Waals surface area contributed by atoms with Crippen molar-refractivity contribution >= 4 is 5.91 Å². The average molecular weight is 1080 g/mol. The van der Waals surface area contributed by atoms with Crippen molar-refractivity contribution in [3.8, 4) is 0 Å². The molecule has 450 valence electrons. The van der Waals surface area contributed by atoms with E-state index in [2.05, 4.69) is 116 Å². The Morgan fingerprint density at radius 1 is 0.321 bits per heavy atom. The molecule has 0 fully saturated rings. The van der Waals surface area contributed by atoms with Crippen LogP contribution in [0.3, 0.4) is 0 Å². The van der Waals surface area contributed by atoms with Gasteiger partial charge in [-0.25, -0.2) is 0 Å². The van der Waals surface area contributed by atoms with Crippen molar-refractivity contribution < 1.29 is 15.0 Å². The number of hydrogen-bond acceptors (Lipinski definition) is 3. The minimum atomic E-state index is -0.845. The standard InChI is InChI=1S/C74H131NO3/c1-3-5-7-9-11-13-15-17-19-21-23-25-27-29-30-31-32-33-34-35-36-37-38-39-40-41-42-43-44-46-48-50-52-54-56-58-60-62-64-66-68-70-74(78)75-72(71-76)73(77)69-67-65-63-61-59-57-55-53-51-49-47-45-28-26-24-22-20-18-16-14-12-10-8-6-4-2/h5,7,11,13,17,19,23,25,29-30,32-33,35-36,38-39,67,69,72-73,76-77H,3-4,6,8-10,12,14-16,18,20-22,24,26-28,31,34,37,40-66,68,70-71H2,1-2H3,(H,75,78)/b7-5-,13-11-,19-17-,25-23-,30-29-,33-32-,36-35-,39-38-,69-67+. The molecule has 1 amide bonds. The Balaban J connectivity index is 3.50. The number of unbranched alkanes of at least 4 members (excludes halogenated alkanes) is 39. The second-order valence-corrected chi connectivity index (χ2v) is 22.9. The van der Waals surface area contributed by atoms with E-state index in [4.69, 9.17) is 0 Å². The lowest BCUT2D eigenvalue weighted by atomic mass is 10.0. The van der Waals surface area contributed by atoms with Gasteiger partial charge in [0, 0.05) is 6.42 Å². The van der Waals surface area contributed by atoms with Crippen LogP contribution in [0.15, 0.2) is 109 Å². The van der Waals surface area contributed by atoms with Crippen molar-refractivity contribution in [2.24, 2.45) is 0 Å². The van der Waals surface area contributed by atoms with E-state index in [1.54, 1.807) is 6.08 Å². The van der Waals surface area contributed by atoms with Gasteiger partial charge in [0.1, 0.15) is 0 Å². The average Bonchev–Trinajstić information content (AvgIpc) is 3.44. The second-order valence-electron chi connectivity index (χ2n) is 22.9. The summed E-state index contributed by atoms with van der Waals surface area (Å²) in [6.07, 6.45) is 103. The van der Waals surface area contributed by atoms with Gasteiger partial charge in [0.2, 0.25) is 5.91 Å². The van der Waals surface area contributed by atoms with Gasteiger partial charge in [0.05, 0.1) is 18.8 Å². The van der Waals surface area contributed by atoms with Gasteiger partial charge >= 0.3 is 0 Å². The fraction of sp³-hybridized carbons (Fsp3) is 0.743. The van der Waals surface area contributed by atoms with Crippen LogP contribution in [0.2, 0.25) is 0 Å². The van der Waals surface area contributed by atoms with Gasteiger partial charge < -0.3 is 15.5 Å². The Morgan fingerprint density at radius 3 is 0.846 bits per heavy atom. The van der Waals surface area contributed by atoms with Crippen LogP contribution in [0.4, 0.5) is 0 Å². The number of amides is 1. The molecule has 0 saturated heterocycles. The molecule has 0 aromatic carbocycles. The summed E-state index contributed by atoms with van der Waals surface area (Å²) in [5, 5.41) is 23.3. The Hall–Kier alpha value is -2.95. The van der Waals surface area contributed by atoms with E-state index in [9.17, 15) is 15.0 Å². The molecule has 78 heavy (non-hydrogen) atoms. The van der Waals surface area contributed by atoms with Crippen LogP contribution >= 0.6 is 0 Å². The van der Waals surface area contributed by atoms with Crippen LogP contribution < -0.4 is 5.32 Å². The molecule has 2 atom stereocenters. The van der Waals surface area contributed by atoms with E-state index < -0.39 is 12.1 Å². The highest BCUT2D eigenvalue weighted by Gasteiger charge is 2.18. The number of rotatable bonds is 62. The Bertz CT molecular complexity index is 1460. The van der Waals surface area contributed by atoms with E-state index in [0.717, 1.165) is 77.0 Å². The lowest BCUT2D eigenvalue weighted by Gasteiger charge is -2.20. The SMILES string of the molecule is CC/C=C\C/C=C\C/C=C\C/C=C\C/C=C\C/C=C\C/C=C\C/C=C\CCCCCCCCCCCCCCCCCCC(=O)NC(CO)C(O)/C=C/CCCCCCCCCCCCCCCCCCCCCCCCC. The van der Waals surface area contributed by atoms with Crippen molar-refractivity contribution in [3.63, 3.8) is 0 Å². The van der Waals surface area contributed by atoms with E-state index in [-0.39, 0.29) is 12.5 Å². The van der Waals surface area contributed by atoms with Gasteiger partial charge in [-0.3, -0.25) is 4.79 Å². The van der Waals surface area contributed by atoms with Gasteiger partial charge in [-0.15, -0.1) is 0 Å². The molecule has 0 radical (unpaired) electrons. The minimum Gasteiger partial charge on any atom is -0.394 e. The van der Waals surface area contributed by atoms with Crippen molar-refractivity contribution in [2.75, 3.05) is 6.61 Å². The van der Waals surface area contributed by atoms with Crippen LogP contribution in [0.1, 0.15) is 335 Å². The predicted molar refractivity (Wildman–Crippen MR) is 349 cm³/mol. The maximum atomic E-state index is 12.5. The molecule has 0 saturated carbocycles. The fourth-order valence-corrected chi connectivity index (χ4v) is 10.1. The molecule has 0 spiro atoms. The number of aliphatic hydroxyl groups excluding tert-OH is 2. The zero-order chi connectivity index (χ0) is 56.2. The predicted octanol–water partition coefficient (Wildman–Crippen LogP) is 23.4. The summed E-state index contributed by atoms with van der Waals surface area (Å²) in [5.74, 6) is -0.0625. The largest absolute Gasteiger partial charge is 0.394 e. The summed E-state index contributed by atoms with van der Waals surface area (Å²) in [6.45, 7) is 4.22. The van der Waals surface area contributed by atoms with Crippen molar-refractivity contribution in [2.45, 2.75) is 347 Å². The zero-order valence-electron chi connectivity index (χ0n) is 51.9. The molecule has 0 aromatic rings. The Labute approximate surface area is 486 Å². The third-order valence-corrected chi connectivity index (χ3v) is 15.3. The second kappa shape index (κ2) is 68.3. The lowest BCUT2D eigenvalue weighted by molar-refractivity contribution is -0.123. The monoisotopic (exact) mass is 1080 g/mol. The van der Waals surface area contributed by atoms with E-state index >= 15 is 0 Å². The van der Waals surface area contributed by atoms with Gasteiger partial charge in [-0.2, -0.15) is 0 Å². The van der Waals surface area contributed by atoms with Crippen LogP contribution in [0, 0.1) is 0 Å². The zero-order valence-corrected chi connectivity index (χ0v) is 51.9. The summed E-state index contributed by atoms with van der Waals surface area (Å²) in [4.78, 5) is 12.5. The first-order chi connectivity index (χ1) is 38.7. The van der Waals surface area contributed by atoms with Crippen LogP contribution in [0.25, 0.3) is 0 Å². The van der Waals surface area contributed by atoms with Crippen molar-refractivity contribution in [1.29, 1.82) is 0 Å². The summed E-state index contributed by atoms with van der Waals surface area (Å²) in [7, 11) is 0. The van der Waals surface area contributed by atoms with E-state index in [1.807, 2.05) is 6.08 Å². The van der Waals surface area contributed by atoms with Crippen LogP contribution in [0.5, 0.6) is 0 Å². The molecular formula is C74H131NO3. The number of aliphatic hydroxyl groups is 2. The highest BCUT2D eigenvalue weighted by Crippen LogP contribution is 2.18. The molecule has 0 heterocycles. The van der Waals surface area contributed by atoms with E-state index in [0.29, 0.717) is 6.42 Å². The number of hydrogen-bond donors (Lipinski definition) is 3. The summed E-state index contributed by atoms with van der Waals surface area (Å²) in [6, 6.07) is -0.628. The van der Waals surface area contributed by atoms with Gasteiger partial charge in [-0.05, 0) is 83.5 Å². The molecule has 0 bridgehead atoms. The first-order valence-electron chi connectivity index (χ1n) is 34.1. The summed E-state index contributed by atoms with van der Waals surface area (Å²) in [5.41, 5.74) is 0. The first-order valence-corrected chi connectivity index (χ1v) is 34.1. The Morgan fingerprint density at radius 2 is 0.564 bits per heavy atom. The fourth-order valence-electron chi connectivity index (χ4n) is 10.1. The quantitative estimate of drug-likeness (QED) is 0.0420. The normalized spacial score (nSPS) is 13.4. The van der Waals surface area contributed by atoms with Crippen LogP contribution in [-0.2, 0) is 4.79 Å².